The summed E-state index contributed by atoms with van der Waals surface area (Å²) >= 11 is 0. The van der Waals surface area contributed by atoms with Crippen molar-refractivity contribution in [1.82, 2.24) is 24.5 Å². The minimum absolute atomic E-state index is 0.00140. The van der Waals surface area contributed by atoms with Crippen molar-refractivity contribution < 1.29 is 4.79 Å². The second kappa shape index (κ2) is 7.46. The molecule has 0 unspecified atom stereocenters. The van der Waals surface area contributed by atoms with Crippen molar-refractivity contribution >= 4 is 17.2 Å². The highest BCUT2D eigenvalue weighted by molar-refractivity contribution is 5.92. The first-order valence-corrected chi connectivity index (χ1v) is 10.5. The minimum Gasteiger partial charge on any atom is -0.370 e. The third-order valence-electron chi connectivity index (χ3n) is 5.98. The number of hydrogen-bond donors (Lipinski definition) is 0. The molecule has 2 aliphatic rings. The Morgan fingerprint density at radius 3 is 2.72 bits per heavy atom. The molecule has 0 bridgehead atoms. The molecular weight excluding hydrogens is 364 g/mol. The first-order valence-electron chi connectivity index (χ1n) is 10.5. The molecule has 0 radical (unpaired) electrons. The Labute approximate surface area is 170 Å². The third-order valence-corrected chi connectivity index (χ3v) is 5.98. The molecule has 2 fully saturated rings. The Kier molecular flexibility index (Phi) is 4.66. The summed E-state index contributed by atoms with van der Waals surface area (Å²) in [5, 5.41) is 4.77. The lowest BCUT2D eigenvalue weighted by Crippen LogP contribution is -2.39. The lowest BCUT2D eigenvalue weighted by atomic mass is 9.97. The van der Waals surface area contributed by atoms with Gasteiger partial charge in [0.1, 0.15) is 5.69 Å². The van der Waals surface area contributed by atoms with Gasteiger partial charge in [-0.3, -0.25) is 4.79 Å². The summed E-state index contributed by atoms with van der Waals surface area (Å²) in [6, 6.07) is 9.78. The molecule has 7 heteroatoms. The van der Waals surface area contributed by atoms with Crippen molar-refractivity contribution in [2.24, 2.45) is 0 Å². The van der Waals surface area contributed by atoms with Crippen LogP contribution in [0.15, 0.2) is 36.5 Å². The molecule has 1 atom stereocenters. The number of anilines is 1. The summed E-state index contributed by atoms with van der Waals surface area (Å²) in [5.74, 6) is 0.990. The summed E-state index contributed by atoms with van der Waals surface area (Å²) in [4.78, 5) is 26.4. The number of rotatable bonds is 3. The van der Waals surface area contributed by atoms with Crippen LogP contribution in [0.3, 0.4) is 0 Å². The molecular formula is C22H26N6O. The number of carbonyl (C=O) groups excluding carboxylic acids is 1. The topological polar surface area (TPSA) is 66.6 Å². The maximum atomic E-state index is 12.9. The molecule has 1 amide bonds. The second-order valence-corrected chi connectivity index (χ2v) is 8.11. The Bertz CT molecular complexity index is 1040. The molecule has 0 aromatic carbocycles. The standard InChI is InChI=1S/C22H26N6O/c1-16-6-4-8-19(23-16)22(29)27-13-5-7-17(14-27)21-24-20-10-9-18(15-28(20)25-21)26-11-2-3-12-26/h4,6,8-10,15,17H,2-3,5,7,11-14H2,1H3/t17-/m1/s1. The van der Waals surface area contributed by atoms with Crippen molar-refractivity contribution in [2.45, 2.75) is 38.5 Å². The Morgan fingerprint density at radius 1 is 1.03 bits per heavy atom. The van der Waals surface area contributed by atoms with Gasteiger partial charge in [-0.1, -0.05) is 6.07 Å². The number of amides is 1. The van der Waals surface area contributed by atoms with E-state index in [4.69, 9.17) is 10.1 Å². The predicted molar refractivity (Wildman–Crippen MR) is 111 cm³/mol. The zero-order valence-corrected chi connectivity index (χ0v) is 16.8. The average molecular weight is 390 g/mol. The normalized spacial score (nSPS) is 19.8. The molecule has 5 heterocycles. The van der Waals surface area contributed by atoms with Crippen molar-refractivity contribution in [1.29, 1.82) is 0 Å². The minimum atomic E-state index is -0.00140. The fourth-order valence-corrected chi connectivity index (χ4v) is 4.42. The van der Waals surface area contributed by atoms with Crippen LogP contribution in [0.5, 0.6) is 0 Å². The van der Waals surface area contributed by atoms with Gasteiger partial charge in [-0.05, 0) is 56.9 Å². The highest BCUT2D eigenvalue weighted by Gasteiger charge is 2.28. The van der Waals surface area contributed by atoms with Gasteiger partial charge < -0.3 is 9.80 Å². The van der Waals surface area contributed by atoms with E-state index in [0.717, 1.165) is 49.6 Å². The summed E-state index contributed by atoms with van der Waals surface area (Å²) in [6.45, 7) is 5.54. The van der Waals surface area contributed by atoms with E-state index in [-0.39, 0.29) is 11.8 Å². The predicted octanol–water partition coefficient (Wildman–Crippen LogP) is 3.05. The SMILES string of the molecule is Cc1cccc(C(=O)N2CCC[C@@H](c3nc4ccc(N5CCCC5)cn4n3)C2)n1. The number of piperidine rings is 1. The van der Waals surface area contributed by atoms with Gasteiger partial charge in [0.15, 0.2) is 11.5 Å². The van der Waals surface area contributed by atoms with Crippen molar-refractivity contribution in [2.75, 3.05) is 31.1 Å². The number of nitrogens with zero attached hydrogens (tertiary/aromatic N) is 6. The van der Waals surface area contributed by atoms with Crippen LogP contribution in [0.2, 0.25) is 0 Å². The lowest BCUT2D eigenvalue weighted by Gasteiger charge is -2.31. The molecule has 7 nitrogen and oxygen atoms in total. The number of pyridine rings is 2. The van der Waals surface area contributed by atoms with Crippen LogP contribution < -0.4 is 4.90 Å². The molecule has 2 aliphatic heterocycles. The number of carbonyl (C=O) groups is 1. The van der Waals surface area contributed by atoms with Crippen LogP contribution in [0, 0.1) is 6.92 Å². The maximum Gasteiger partial charge on any atom is 0.272 e. The molecule has 29 heavy (non-hydrogen) atoms. The lowest BCUT2D eigenvalue weighted by molar-refractivity contribution is 0.0698. The summed E-state index contributed by atoms with van der Waals surface area (Å²) in [7, 11) is 0. The highest BCUT2D eigenvalue weighted by atomic mass is 16.2. The fraction of sp³-hybridized carbons (Fsp3) is 0.455. The van der Waals surface area contributed by atoms with Gasteiger partial charge in [0, 0.05) is 37.8 Å². The van der Waals surface area contributed by atoms with E-state index in [0.29, 0.717) is 12.2 Å². The van der Waals surface area contributed by atoms with E-state index in [2.05, 4.69) is 22.1 Å². The van der Waals surface area contributed by atoms with Crippen LogP contribution in [0.1, 0.15) is 53.6 Å². The van der Waals surface area contributed by atoms with Crippen LogP contribution in [-0.4, -0.2) is 56.6 Å². The van der Waals surface area contributed by atoms with Crippen LogP contribution in [-0.2, 0) is 0 Å². The zero-order chi connectivity index (χ0) is 19.8. The summed E-state index contributed by atoms with van der Waals surface area (Å²) < 4.78 is 1.89. The van der Waals surface area contributed by atoms with E-state index in [1.54, 1.807) is 6.07 Å². The summed E-state index contributed by atoms with van der Waals surface area (Å²) in [5.41, 5.74) is 3.45. The van der Waals surface area contributed by atoms with Crippen molar-refractivity contribution in [3.8, 4) is 0 Å². The fourth-order valence-electron chi connectivity index (χ4n) is 4.42. The Balaban J connectivity index is 1.36. The van der Waals surface area contributed by atoms with Crippen molar-refractivity contribution in [3.63, 3.8) is 0 Å². The largest absolute Gasteiger partial charge is 0.370 e. The van der Waals surface area contributed by atoms with E-state index < -0.39 is 0 Å². The number of aryl methyl sites for hydroxylation is 1. The molecule has 3 aromatic rings. The van der Waals surface area contributed by atoms with E-state index in [9.17, 15) is 4.79 Å². The van der Waals surface area contributed by atoms with Gasteiger partial charge in [-0.25, -0.2) is 14.5 Å². The van der Waals surface area contributed by atoms with Gasteiger partial charge >= 0.3 is 0 Å². The van der Waals surface area contributed by atoms with Crippen LogP contribution >= 0.6 is 0 Å². The van der Waals surface area contributed by atoms with Crippen molar-refractivity contribution in [3.05, 3.63) is 53.7 Å². The average Bonchev–Trinajstić information content (AvgIpc) is 3.42. The van der Waals surface area contributed by atoms with Crippen LogP contribution in [0.25, 0.3) is 5.65 Å². The van der Waals surface area contributed by atoms with E-state index in [1.165, 1.54) is 18.5 Å². The molecule has 5 rings (SSSR count). The number of fused-ring (bicyclic) bond motifs is 1. The monoisotopic (exact) mass is 390 g/mol. The van der Waals surface area contributed by atoms with Gasteiger partial charge in [-0.15, -0.1) is 0 Å². The maximum absolute atomic E-state index is 12.9. The Morgan fingerprint density at radius 2 is 1.90 bits per heavy atom. The molecule has 3 aromatic heterocycles. The van der Waals surface area contributed by atoms with Crippen LogP contribution in [0.4, 0.5) is 5.69 Å². The first-order chi connectivity index (χ1) is 14.2. The van der Waals surface area contributed by atoms with Gasteiger partial charge in [0.25, 0.3) is 5.91 Å². The quantitative estimate of drug-likeness (QED) is 0.688. The highest BCUT2D eigenvalue weighted by Crippen LogP contribution is 2.27. The van der Waals surface area contributed by atoms with E-state index >= 15 is 0 Å². The second-order valence-electron chi connectivity index (χ2n) is 8.11. The van der Waals surface area contributed by atoms with Gasteiger partial charge in [0.2, 0.25) is 0 Å². The molecule has 2 saturated heterocycles. The Hall–Kier alpha value is -2.96. The smallest absolute Gasteiger partial charge is 0.272 e. The first kappa shape index (κ1) is 18.1. The molecule has 0 saturated carbocycles. The van der Waals surface area contributed by atoms with E-state index in [1.807, 2.05) is 34.5 Å². The van der Waals surface area contributed by atoms with Gasteiger partial charge in [0.05, 0.1) is 11.9 Å². The van der Waals surface area contributed by atoms with Gasteiger partial charge in [-0.2, -0.15) is 5.10 Å². The molecule has 0 spiro atoms. The third kappa shape index (κ3) is 3.57. The number of aromatic nitrogens is 4. The number of likely N-dealkylation sites (tertiary alicyclic amines) is 1. The number of hydrogen-bond acceptors (Lipinski definition) is 5. The summed E-state index contributed by atoms with van der Waals surface area (Å²) in [6.07, 6.45) is 6.54. The zero-order valence-electron chi connectivity index (χ0n) is 16.8. The molecule has 0 N–H and O–H groups in total. The molecule has 0 aliphatic carbocycles. The molecule has 150 valence electrons.